The number of hydrogen-bond donors (Lipinski definition) is 0. The van der Waals surface area contributed by atoms with E-state index in [1.165, 1.54) is 16.2 Å². The fourth-order valence-electron chi connectivity index (χ4n) is 8.06. The molecule has 0 atom stereocenters. The Morgan fingerprint density at radius 2 is 0.875 bits per heavy atom. The van der Waals surface area contributed by atoms with Crippen molar-refractivity contribution in [2.75, 3.05) is 0 Å². The highest BCUT2D eigenvalue weighted by Gasteiger charge is 2.17. The number of para-hydroxylation sites is 3. The van der Waals surface area contributed by atoms with Crippen LogP contribution in [0.25, 0.3) is 100 Å². The highest BCUT2D eigenvalue weighted by Crippen LogP contribution is 2.38. The first-order chi connectivity index (χ1) is 27.8. The van der Waals surface area contributed by atoms with E-state index in [4.69, 9.17) is 9.97 Å². The van der Waals surface area contributed by atoms with E-state index in [0.717, 1.165) is 84.0 Å². The minimum absolute atomic E-state index is 0.808. The number of benzene rings is 5. The molecule has 0 aliphatic heterocycles. The molecule has 6 nitrogen and oxygen atoms in total. The fraction of sp³-hybridized carbons (Fsp3) is 0. The van der Waals surface area contributed by atoms with Gasteiger partial charge in [0, 0.05) is 57.1 Å². The molecule has 6 aromatic heterocycles. The van der Waals surface area contributed by atoms with Gasteiger partial charge in [-0.15, -0.1) is 0 Å². The van der Waals surface area contributed by atoms with Gasteiger partial charge in [0.1, 0.15) is 5.65 Å². The van der Waals surface area contributed by atoms with Gasteiger partial charge >= 0.3 is 0 Å². The van der Waals surface area contributed by atoms with Gasteiger partial charge in [0.25, 0.3) is 0 Å². The summed E-state index contributed by atoms with van der Waals surface area (Å²) in [5, 5.41) is 4.73. The first-order valence-electron chi connectivity index (χ1n) is 18.7. The lowest BCUT2D eigenvalue weighted by molar-refractivity contribution is 1.14. The van der Waals surface area contributed by atoms with Gasteiger partial charge in [0.05, 0.1) is 39.3 Å². The number of aromatic nitrogens is 6. The Bertz CT molecular complexity index is 3160. The number of pyridine rings is 4. The molecule has 0 unspecified atom stereocenters. The molecule has 0 N–H and O–H groups in total. The van der Waals surface area contributed by atoms with Crippen LogP contribution in [0.2, 0.25) is 0 Å². The van der Waals surface area contributed by atoms with Crippen molar-refractivity contribution in [3.63, 3.8) is 0 Å². The number of nitrogens with zero attached hydrogens (tertiary/aromatic N) is 6. The van der Waals surface area contributed by atoms with E-state index < -0.39 is 0 Å². The van der Waals surface area contributed by atoms with E-state index in [-0.39, 0.29) is 0 Å². The summed E-state index contributed by atoms with van der Waals surface area (Å²) < 4.78 is 4.61. The van der Waals surface area contributed by atoms with Gasteiger partial charge in [-0.2, -0.15) is 0 Å². The Hall–Kier alpha value is -7.70. The van der Waals surface area contributed by atoms with Crippen molar-refractivity contribution in [1.29, 1.82) is 0 Å². The second-order valence-electron chi connectivity index (χ2n) is 14.0. The topological polar surface area (TPSA) is 61.4 Å². The lowest BCUT2D eigenvalue weighted by atomic mass is 10.0. The summed E-state index contributed by atoms with van der Waals surface area (Å²) in [6.45, 7) is 0. The zero-order valence-electron chi connectivity index (χ0n) is 30.2. The van der Waals surface area contributed by atoms with Crippen LogP contribution in [0.15, 0.2) is 195 Å². The lowest BCUT2D eigenvalue weighted by Crippen LogP contribution is -1.95. The van der Waals surface area contributed by atoms with E-state index >= 15 is 0 Å². The van der Waals surface area contributed by atoms with Gasteiger partial charge in [-0.25, -0.2) is 9.97 Å². The molecule has 0 bridgehead atoms. The second kappa shape index (κ2) is 13.0. The van der Waals surface area contributed by atoms with Crippen molar-refractivity contribution >= 4 is 43.7 Å². The minimum atomic E-state index is 0.808. The molecule has 0 fully saturated rings. The van der Waals surface area contributed by atoms with Crippen molar-refractivity contribution in [1.82, 2.24) is 29.1 Å². The van der Waals surface area contributed by atoms with Gasteiger partial charge in [0.2, 0.25) is 0 Å². The molecule has 6 heterocycles. The number of hydrogen-bond acceptors (Lipinski definition) is 4. The zero-order valence-corrected chi connectivity index (χ0v) is 30.2. The van der Waals surface area contributed by atoms with Crippen LogP contribution in [0.4, 0.5) is 0 Å². The predicted molar refractivity (Wildman–Crippen MR) is 228 cm³/mol. The van der Waals surface area contributed by atoms with E-state index in [9.17, 15) is 0 Å². The molecular weight excluding hydrogens is 685 g/mol. The molecule has 0 saturated heterocycles. The summed E-state index contributed by atoms with van der Waals surface area (Å²) >= 11 is 0. The predicted octanol–water partition coefficient (Wildman–Crippen LogP) is 12.1. The fourth-order valence-corrected chi connectivity index (χ4v) is 8.06. The minimum Gasteiger partial charge on any atom is -0.309 e. The van der Waals surface area contributed by atoms with Crippen LogP contribution >= 0.6 is 0 Å². The summed E-state index contributed by atoms with van der Waals surface area (Å²) in [7, 11) is 0. The van der Waals surface area contributed by atoms with Crippen molar-refractivity contribution in [3.05, 3.63) is 195 Å². The third kappa shape index (κ3) is 5.27. The number of fused-ring (bicyclic) bond motifs is 6. The smallest absolute Gasteiger partial charge is 0.145 e. The van der Waals surface area contributed by atoms with Crippen molar-refractivity contribution < 1.29 is 0 Å². The van der Waals surface area contributed by atoms with Gasteiger partial charge in [-0.3, -0.25) is 14.5 Å². The third-order valence-electron chi connectivity index (χ3n) is 10.7. The first kappa shape index (κ1) is 31.8. The van der Waals surface area contributed by atoms with E-state index in [2.05, 4.69) is 153 Å². The summed E-state index contributed by atoms with van der Waals surface area (Å²) in [6.07, 6.45) is 5.61. The molecule has 0 aliphatic carbocycles. The van der Waals surface area contributed by atoms with E-state index in [0.29, 0.717) is 0 Å². The SMILES string of the molecule is c1ccc(-n2c3ccccc3c3cc(-c4ccc5c(c4)c4ccccc4n5-c4ccc(-c5cc(-c6ccccn6)nc(-c6ccccn6)c5)cc4)cnc32)cc1. The van der Waals surface area contributed by atoms with Gasteiger partial charge in [-0.05, 0) is 108 Å². The Kier molecular flexibility index (Phi) is 7.38. The standard InChI is InChI=1S/C50H32N6/c1-2-12-37(13-3-1)56-48-19-7-5-15-40(48)42-29-36(32-53-50(42)56)34-22-25-49-41(28-34)39-14-4-6-18-47(39)55(49)38-23-20-33(21-24-38)35-30-45(43-16-8-10-26-51-43)54-46(31-35)44-17-9-11-27-52-44/h1-32H. The molecule has 5 aromatic carbocycles. The normalized spacial score (nSPS) is 11.6. The van der Waals surface area contributed by atoms with Crippen molar-refractivity contribution in [2.24, 2.45) is 0 Å². The highest BCUT2D eigenvalue weighted by molar-refractivity contribution is 6.12. The molecule has 56 heavy (non-hydrogen) atoms. The second-order valence-corrected chi connectivity index (χ2v) is 14.0. The average Bonchev–Trinajstić information content (AvgIpc) is 3.79. The maximum Gasteiger partial charge on any atom is 0.145 e. The van der Waals surface area contributed by atoms with Crippen LogP contribution < -0.4 is 0 Å². The van der Waals surface area contributed by atoms with Gasteiger partial charge in [0.15, 0.2) is 0 Å². The maximum absolute atomic E-state index is 5.09. The molecule has 11 aromatic rings. The monoisotopic (exact) mass is 716 g/mol. The van der Waals surface area contributed by atoms with Gasteiger partial charge in [-0.1, -0.05) is 84.9 Å². The molecule has 0 radical (unpaired) electrons. The molecule has 0 amide bonds. The summed E-state index contributed by atoms with van der Waals surface area (Å²) in [5.41, 5.74) is 14.2. The van der Waals surface area contributed by atoms with Crippen LogP contribution in [0.5, 0.6) is 0 Å². The van der Waals surface area contributed by atoms with E-state index in [1.54, 1.807) is 12.4 Å². The Morgan fingerprint density at radius 1 is 0.321 bits per heavy atom. The number of rotatable bonds is 6. The molecule has 0 saturated carbocycles. The quantitative estimate of drug-likeness (QED) is 0.172. The largest absolute Gasteiger partial charge is 0.309 e. The van der Waals surface area contributed by atoms with Crippen molar-refractivity contribution in [3.8, 4) is 56.4 Å². The molecular formula is C50H32N6. The molecule has 11 rings (SSSR count). The summed E-state index contributed by atoms with van der Waals surface area (Å²) in [5.74, 6) is 0. The van der Waals surface area contributed by atoms with E-state index in [1.807, 2.05) is 48.7 Å². The third-order valence-corrected chi connectivity index (χ3v) is 10.7. The zero-order chi connectivity index (χ0) is 37.0. The summed E-state index contributed by atoms with van der Waals surface area (Å²) in [6, 6.07) is 61.6. The average molecular weight is 717 g/mol. The Balaban J connectivity index is 1.01. The van der Waals surface area contributed by atoms with Crippen LogP contribution in [0, 0.1) is 0 Å². The molecule has 6 heteroatoms. The van der Waals surface area contributed by atoms with Crippen LogP contribution in [-0.4, -0.2) is 29.1 Å². The van der Waals surface area contributed by atoms with Crippen molar-refractivity contribution in [2.45, 2.75) is 0 Å². The Morgan fingerprint density at radius 3 is 1.55 bits per heavy atom. The molecule has 0 spiro atoms. The summed E-state index contributed by atoms with van der Waals surface area (Å²) in [4.78, 5) is 19.2. The van der Waals surface area contributed by atoms with Crippen LogP contribution in [0.1, 0.15) is 0 Å². The Labute approximate surface area is 322 Å². The first-order valence-corrected chi connectivity index (χ1v) is 18.7. The highest BCUT2D eigenvalue weighted by atomic mass is 15.0. The van der Waals surface area contributed by atoms with Crippen LogP contribution in [0.3, 0.4) is 0 Å². The van der Waals surface area contributed by atoms with Gasteiger partial charge < -0.3 is 4.57 Å². The molecule has 262 valence electrons. The lowest BCUT2D eigenvalue weighted by Gasteiger charge is -2.12. The molecule has 0 aliphatic rings. The van der Waals surface area contributed by atoms with Crippen LogP contribution in [-0.2, 0) is 0 Å². The maximum atomic E-state index is 5.09.